The van der Waals surface area contributed by atoms with Crippen LogP contribution in [0.3, 0.4) is 0 Å². The number of halogens is 1. The van der Waals surface area contributed by atoms with Crippen molar-refractivity contribution in [3.8, 4) is 0 Å². The second-order valence-corrected chi connectivity index (χ2v) is 10.2. The zero-order valence-electron chi connectivity index (χ0n) is 16.0. The molecule has 27 heavy (non-hydrogen) atoms. The first-order valence-electron chi connectivity index (χ1n) is 10.5. The van der Waals surface area contributed by atoms with Crippen molar-refractivity contribution in [2.24, 2.45) is 17.8 Å². The lowest BCUT2D eigenvalue weighted by Crippen LogP contribution is -2.50. The molecule has 2 heterocycles. The van der Waals surface area contributed by atoms with E-state index in [9.17, 15) is 14.3 Å². The number of aliphatic hydroxyl groups excluding tert-OH is 1. The smallest absolute Gasteiger partial charge is 0.237 e. The lowest BCUT2D eigenvalue weighted by atomic mass is 9.77. The van der Waals surface area contributed by atoms with Gasteiger partial charge in [0.15, 0.2) is 0 Å². The van der Waals surface area contributed by atoms with Crippen LogP contribution in [0.15, 0.2) is 0 Å². The minimum atomic E-state index is -0.770. The third-order valence-electron chi connectivity index (χ3n) is 7.01. The van der Waals surface area contributed by atoms with Crippen molar-refractivity contribution >= 4 is 17.7 Å². The standard InChI is InChI=1S/C19H33FN4O2S/c1-10-5-6-14(20)13-8-15(22-17(10)13)18(26)21-12-4-2-3-11(7-12)19-24-23-16(9-25)27-19/h10-17,19,22-25H,2-9H2,1H3,(H,21,26). The van der Waals surface area contributed by atoms with Crippen LogP contribution in [0, 0.1) is 17.8 Å². The van der Waals surface area contributed by atoms with E-state index in [0.717, 1.165) is 32.1 Å². The molecule has 4 fully saturated rings. The van der Waals surface area contributed by atoms with Crippen molar-refractivity contribution in [2.45, 2.75) is 86.9 Å². The molecule has 4 aliphatic rings. The Labute approximate surface area is 165 Å². The first-order valence-corrected chi connectivity index (χ1v) is 11.5. The highest BCUT2D eigenvalue weighted by molar-refractivity contribution is 8.00. The van der Waals surface area contributed by atoms with Gasteiger partial charge in [-0.25, -0.2) is 15.2 Å². The normalized spacial score (nSPS) is 47.6. The summed E-state index contributed by atoms with van der Waals surface area (Å²) >= 11 is 1.74. The number of hydrogen-bond acceptors (Lipinski definition) is 6. The molecule has 0 aromatic rings. The molecule has 0 bridgehead atoms. The van der Waals surface area contributed by atoms with Crippen LogP contribution in [-0.4, -0.2) is 52.7 Å². The van der Waals surface area contributed by atoms with E-state index in [0.29, 0.717) is 24.7 Å². The topological polar surface area (TPSA) is 85.4 Å². The van der Waals surface area contributed by atoms with E-state index in [2.05, 4.69) is 28.4 Å². The Hall–Kier alpha value is -0.410. The Bertz CT molecular complexity index is 524. The number of hydrogen-bond donors (Lipinski definition) is 5. The van der Waals surface area contributed by atoms with Crippen molar-refractivity contribution in [1.82, 2.24) is 21.5 Å². The third-order valence-corrected chi connectivity index (χ3v) is 8.40. The molecule has 0 aromatic heterocycles. The van der Waals surface area contributed by atoms with Crippen LogP contribution in [0.1, 0.15) is 51.9 Å². The van der Waals surface area contributed by atoms with Crippen molar-refractivity contribution in [3.63, 3.8) is 0 Å². The predicted octanol–water partition coefficient (Wildman–Crippen LogP) is 1.26. The van der Waals surface area contributed by atoms with Crippen LogP contribution in [-0.2, 0) is 4.79 Å². The molecular formula is C19H33FN4O2S. The van der Waals surface area contributed by atoms with Gasteiger partial charge in [-0.1, -0.05) is 13.3 Å². The minimum absolute atomic E-state index is 0.0100. The summed E-state index contributed by atoms with van der Waals surface area (Å²) in [4.78, 5) is 12.8. The molecule has 1 amide bonds. The summed E-state index contributed by atoms with van der Waals surface area (Å²) in [5, 5.41) is 16.3. The van der Waals surface area contributed by atoms with Gasteiger partial charge in [-0.2, -0.15) is 0 Å². The summed E-state index contributed by atoms with van der Waals surface area (Å²) in [6.45, 7) is 2.28. The van der Waals surface area contributed by atoms with Gasteiger partial charge in [0.05, 0.1) is 23.4 Å². The third kappa shape index (κ3) is 4.29. The Morgan fingerprint density at radius 3 is 2.81 bits per heavy atom. The maximum absolute atomic E-state index is 14.3. The molecule has 2 saturated heterocycles. The molecule has 2 aliphatic carbocycles. The van der Waals surface area contributed by atoms with Gasteiger partial charge in [0.1, 0.15) is 6.17 Å². The van der Waals surface area contributed by atoms with Gasteiger partial charge >= 0.3 is 0 Å². The van der Waals surface area contributed by atoms with Crippen molar-refractivity contribution in [3.05, 3.63) is 0 Å². The molecule has 4 rings (SSSR count). The Balaban J connectivity index is 1.29. The molecule has 0 aromatic carbocycles. The van der Waals surface area contributed by atoms with Crippen LogP contribution in [0.5, 0.6) is 0 Å². The molecule has 2 saturated carbocycles. The summed E-state index contributed by atoms with van der Waals surface area (Å²) in [6, 6.07) is 0.0811. The molecule has 6 nitrogen and oxygen atoms in total. The summed E-state index contributed by atoms with van der Waals surface area (Å²) in [5.41, 5.74) is 6.41. The van der Waals surface area contributed by atoms with Gasteiger partial charge < -0.3 is 15.7 Å². The molecule has 8 heteroatoms. The highest BCUT2D eigenvalue weighted by Crippen LogP contribution is 2.39. The number of aliphatic hydroxyl groups is 1. The number of fused-ring (bicyclic) bond motifs is 1. The van der Waals surface area contributed by atoms with Crippen molar-refractivity contribution in [2.75, 3.05) is 6.61 Å². The van der Waals surface area contributed by atoms with Crippen LogP contribution in [0.25, 0.3) is 0 Å². The first kappa shape index (κ1) is 19.9. The molecule has 0 spiro atoms. The van der Waals surface area contributed by atoms with Gasteiger partial charge in [-0.15, -0.1) is 11.8 Å². The zero-order valence-corrected chi connectivity index (χ0v) is 16.8. The van der Waals surface area contributed by atoms with Gasteiger partial charge in [-0.05, 0) is 50.4 Å². The van der Waals surface area contributed by atoms with E-state index < -0.39 is 6.17 Å². The fourth-order valence-electron chi connectivity index (χ4n) is 5.47. The molecule has 2 aliphatic heterocycles. The van der Waals surface area contributed by atoms with E-state index >= 15 is 0 Å². The lowest BCUT2D eigenvalue weighted by Gasteiger charge is -2.34. The molecule has 0 radical (unpaired) electrons. The van der Waals surface area contributed by atoms with E-state index in [-0.39, 0.29) is 47.3 Å². The van der Waals surface area contributed by atoms with Gasteiger partial charge in [0, 0.05) is 18.0 Å². The monoisotopic (exact) mass is 400 g/mol. The maximum atomic E-state index is 14.3. The van der Waals surface area contributed by atoms with Gasteiger partial charge in [0.2, 0.25) is 5.91 Å². The van der Waals surface area contributed by atoms with Crippen molar-refractivity contribution < 1.29 is 14.3 Å². The Morgan fingerprint density at radius 1 is 1.22 bits per heavy atom. The second-order valence-electron chi connectivity index (χ2n) is 8.86. The summed E-state index contributed by atoms with van der Waals surface area (Å²) in [6.07, 6.45) is 5.61. The average molecular weight is 401 g/mol. The molecule has 9 atom stereocenters. The Morgan fingerprint density at radius 2 is 2.07 bits per heavy atom. The fraction of sp³-hybridized carbons (Fsp3) is 0.947. The largest absolute Gasteiger partial charge is 0.394 e. The Kier molecular flexibility index (Phi) is 6.28. The fourth-order valence-corrected chi connectivity index (χ4v) is 6.65. The number of amides is 1. The molecule has 5 N–H and O–H groups in total. The summed E-state index contributed by atoms with van der Waals surface area (Å²) < 4.78 is 14.3. The molecule has 154 valence electrons. The SMILES string of the molecule is CC1CCC(F)C2CC(C(=O)NC3CCCC(C4NNC(CO)S4)C3)NC12. The highest BCUT2D eigenvalue weighted by atomic mass is 32.2. The van der Waals surface area contributed by atoms with Crippen molar-refractivity contribution in [1.29, 1.82) is 0 Å². The van der Waals surface area contributed by atoms with E-state index in [1.165, 1.54) is 0 Å². The van der Waals surface area contributed by atoms with E-state index in [4.69, 9.17) is 0 Å². The number of thioether (sulfide) groups is 1. The number of hydrazine groups is 1. The number of carbonyl (C=O) groups is 1. The van der Waals surface area contributed by atoms with Crippen LogP contribution >= 0.6 is 11.8 Å². The minimum Gasteiger partial charge on any atom is -0.394 e. The van der Waals surface area contributed by atoms with Gasteiger partial charge in [-0.3, -0.25) is 4.79 Å². The quantitative estimate of drug-likeness (QED) is 0.489. The second kappa shape index (κ2) is 8.53. The summed E-state index contributed by atoms with van der Waals surface area (Å²) in [7, 11) is 0. The number of carbonyl (C=O) groups excluding carboxylic acids is 1. The zero-order chi connectivity index (χ0) is 19.0. The molecule has 9 unspecified atom stereocenters. The number of rotatable bonds is 4. The maximum Gasteiger partial charge on any atom is 0.237 e. The first-order chi connectivity index (χ1) is 13.0. The molecular weight excluding hydrogens is 367 g/mol. The number of nitrogens with one attached hydrogen (secondary N) is 4. The predicted molar refractivity (Wildman–Crippen MR) is 105 cm³/mol. The van der Waals surface area contributed by atoms with E-state index in [1.54, 1.807) is 11.8 Å². The summed E-state index contributed by atoms with van der Waals surface area (Å²) in [5.74, 6) is 0.959. The average Bonchev–Trinajstić information content (AvgIpc) is 3.33. The highest BCUT2D eigenvalue weighted by Gasteiger charge is 2.46. The van der Waals surface area contributed by atoms with Crippen LogP contribution < -0.4 is 21.5 Å². The van der Waals surface area contributed by atoms with E-state index in [1.807, 2.05) is 0 Å². The van der Waals surface area contributed by atoms with Gasteiger partial charge in [0.25, 0.3) is 0 Å². The lowest BCUT2D eigenvalue weighted by molar-refractivity contribution is -0.124. The van der Waals surface area contributed by atoms with Crippen LogP contribution in [0.4, 0.5) is 4.39 Å². The van der Waals surface area contributed by atoms with Crippen LogP contribution in [0.2, 0.25) is 0 Å². The number of alkyl halides is 1.